The van der Waals surface area contributed by atoms with Crippen LogP contribution >= 0.6 is 0 Å². The van der Waals surface area contributed by atoms with Crippen molar-refractivity contribution in [3.05, 3.63) is 35.4 Å². The standard InChI is InChI=1S/C16H19F2N3O3/c1-10(2)19-14(22)16(24)21-7-5-20(6-8-21)15(23)11-3-4-12(17)13(18)9-11/h3-4,9-10H,5-8H2,1-2H3,(H,19,22). The van der Waals surface area contributed by atoms with Crippen molar-refractivity contribution in [1.29, 1.82) is 0 Å². The van der Waals surface area contributed by atoms with Gasteiger partial charge in [-0.3, -0.25) is 14.4 Å². The number of benzene rings is 1. The van der Waals surface area contributed by atoms with Crippen LogP contribution in [-0.2, 0) is 9.59 Å². The van der Waals surface area contributed by atoms with Crippen LogP contribution in [0.4, 0.5) is 8.78 Å². The molecule has 24 heavy (non-hydrogen) atoms. The molecule has 1 aliphatic rings. The van der Waals surface area contributed by atoms with Crippen molar-refractivity contribution >= 4 is 17.7 Å². The Labute approximate surface area is 138 Å². The van der Waals surface area contributed by atoms with E-state index in [0.29, 0.717) is 0 Å². The number of amides is 3. The second-order valence-corrected chi connectivity index (χ2v) is 5.84. The number of nitrogens with one attached hydrogen (secondary N) is 1. The van der Waals surface area contributed by atoms with Crippen LogP contribution in [0.1, 0.15) is 24.2 Å². The van der Waals surface area contributed by atoms with Crippen molar-refractivity contribution in [2.75, 3.05) is 26.2 Å². The minimum atomic E-state index is -1.08. The fourth-order valence-corrected chi connectivity index (χ4v) is 2.39. The number of piperazine rings is 1. The number of carbonyl (C=O) groups excluding carboxylic acids is 3. The summed E-state index contributed by atoms with van der Waals surface area (Å²) in [6.07, 6.45) is 0. The normalized spacial score (nSPS) is 14.7. The number of carbonyl (C=O) groups is 3. The van der Waals surface area contributed by atoms with E-state index < -0.39 is 29.4 Å². The summed E-state index contributed by atoms with van der Waals surface area (Å²) in [4.78, 5) is 38.8. The number of nitrogens with zero attached hydrogens (tertiary/aromatic N) is 2. The highest BCUT2D eigenvalue weighted by atomic mass is 19.2. The van der Waals surface area contributed by atoms with Gasteiger partial charge in [0.25, 0.3) is 5.91 Å². The van der Waals surface area contributed by atoms with Gasteiger partial charge in [0.15, 0.2) is 11.6 Å². The van der Waals surface area contributed by atoms with Crippen molar-refractivity contribution in [3.8, 4) is 0 Å². The fraction of sp³-hybridized carbons (Fsp3) is 0.438. The molecule has 0 aromatic heterocycles. The lowest BCUT2D eigenvalue weighted by molar-refractivity contribution is -0.147. The average Bonchev–Trinajstić information content (AvgIpc) is 2.55. The Hall–Kier alpha value is -2.51. The maximum atomic E-state index is 13.2. The lowest BCUT2D eigenvalue weighted by atomic mass is 10.1. The van der Waals surface area contributed by atoms with Crippen molar-refractivity contribution in [3.63, 3.8) is 0 Å². The summed E-state index contributed by atoms with van der Waals surface area (Å²) in [6, 6.07) is 2.83. The van der Waals surface area contributed by atoms with E-state index in [1.165, 1.54) is 15.9 Å². The van der Waals surface area contributed by atoms with E-state index in [9.17, 15) is 23.2 Å². The van der Waals surface area contributed by atoms with E-state index in [4.69, 9.17) is 0 Å². The van der Waals surface area contributed by atoms with E-state index in [1.807, 2.05) is 0 Å². The molecule has 1 aromatic carbocycles. The Morgan fingerprint density at radius 3 is 2.12 bits per heavy atom. The van der Waals surface area contributed by atoms with Gasteiger partial charge in [-0.2, -0.15) is 0 Å². The van der Waals surface area contributed by atoms with Gasteiger partial charge in [0, 0.05) is 37.8 Å². The molecule has 0 bridgehead atoms. The van der Waals surface area contributed by atoms with Gasteiger partial charge in [-0.1, -0.05) is 0 Å². The van der Waals surface area contributed by atoms with Gasteiger partial charge < -0.3 is 15.1 Å². The molecule has 0 saturated carbocycles. The van der Waals surface area contributed by atoms with Crippen molar-refractivity contribution in [2.45, 2.75) is 19.9 Å². The monoisotopic (exact) mass is 339 g/mol. The summed E-state index contributed by atoms with van der Waals surface area (Å²) in [5, 5.41) is 2.52. The summed E-state index contributed by atoms with van der Waals surface area (Å²) < 4.78 is 26.2. The van der Waals surface area contributed by atoms with E-state index >= 15 is 0 Å². The molecule has 0 aliphatic carbocycles. The molecular formula is C16H19F2N3O3. The Morgan fingerprint density at radius 2 is 1.58 bits per heavy atom. The number of halogens is 2. The zero-order valence-electron chi connectivity index (χ0n) is 13.5. The third-order valence-corrected chi connectivity index (χ3v) is 3.63. The SMILES string of the molecule is CC(C)NC(=O)C(=O)N1CCN(C(=O)c2ccc(F)c(F)c2)CC1. The van der Waals surface area contributed by atoms with Crippen LogP contribution in [0.3, 0.4) is 0 Å². The zero-order chi connectivity index (χ0) is 17.9. The van der Waals surface area contributed by atoms with Crippen LogP contribution in [0.2, 0.25) is 0 Å². The summed E-state index contributed by atoms with van der Waals surface area (Å²) in [5.74, 6) is -3.85. The van der Waals surface area contributed by atoms with Crippen LogP contribution in [-0.4, -0.2) is 59.7 Å². The van der Waals surface area contributed by atoms with E-state index in [-0.39, 0.29) is 37.8 Å². The Kier molecular flexibility index (Phi) is 5.48. The first-order valence-electron chi connectivity index (χ1n) is 7.63. The van der Waals surface area contributed by atoms with Crippen molar-refractivity contribution < 1.29 is 23.2 Å². The molecule has 6 nitrogen and oxygen atoms in total. The predicted molar refractivity (Wildman–Crippen MR) is 82.1 cm³/mol. The Balaban J connectivity index is 1.94. The van der Waals surface area contributed by atoms with E-state index in [1.54, 1.807) is 13.8 Å². The first-order chi connectivity index (χ1) is 11.3. The molecule has 1 N–H and O–H groups in total. The van der Waals surface area contributed by atoms with Gasteiger partial charge in [-0.15, -0.1) is 0 Å². The largest absolute Gasteiger partial charge is 0.346 e. The summed E-state index contributed by atoms with van der Waals surface area (Å²) >= 11 is 0. The topological polar surface area (TPSA) is 69.7 Å². The minimum absolute atomic E-state index is 0.0474. The van der Waals surface area contributed by atoms with Gasteiger partial charge in [0.2, 0.25) is 0 Å². The molecule has 8 heteroatoms. The van der Waals surface area contributed by atoms with Gasteiger partial charge in [-0.25, -0.2) is 8.78 Å². The number of hydrogen-bond acceptors (Lipinski definition) is 3. The highest BCUT2D eigenvalue weighted by Crippen LogP contribution is 2.13. The summed E-state index contributed by atoms with van der Waals surface area (Å²) in [6.45, 7) is 4.36. The zero-order valence-corrected chi connectivity index (χ0v) is 13.5. The molecule has 0 radical (unpaired) electrons. The first-order valence-corrected chi connectivity index (χ1v) is 7.63. The highest BCUT2D eigenvalue weighted by Gasteiger charge is 2.28. The smallest absolute Gasteiger partial charge is 0.312 e. The Morgan fingerprint density at radius 1 is 1.00 bits per heavy atom. The lowest BCUT2D eigenvalue weighted by Crippen LogP contribution is -2.54. The van der Waals surface area contributed by atoms with Gasteiger partial charge in [0.1, 0.15) is 0 Å². The third kappa shape index (κ3) is 4.06. The van der Waals surface area contributed by atoms with E-state index in [2.05, 4.69) is 5.32 Å². The molecule has 0 unspecified atom stereocenters. The predicted octanol–water partition coefficient (Wildman–Crippen LogP) is 0.774. The van der Waals surface area contributed by atoms with Crippen LogP contribution in [0, 0.1) is 11.6 Å². The molecule has 1 aromatic rings. The highest BCUT2D eigenvalue weighted by molar-refractivity contribution is 6.35. The third-order valence-electron chi connectivity index (χ3n) is 3.63. The summed E-state index contributed by atoms with van der Waals surface area (Å²) in [5.41, 5.74) is 0.0474. The van der Waals surface area contributed by atoms with Crippen molar-refractivity contribution in [1.82, 2.24) is 15.1 Å². The molecule has 0 atom stereocenters. The molecule has 130 valence electrons. The minimum Gasteiger partial charge on any atom is -0.346 e. The van der Waals surface area contributed by atoms with Gasteiger partial charge in [-0.05, 0) is 32.0 Å². The molecule has 2 rings (SSSR count). The van der Waals surface area contributed by atoms with Gasteiger partial charge >= 0.3 is 11.8 Å². The number of hydrogen-bond donors (Lipinski definition) is 1. The molecule has 1 heterocycles. The quantitative estimate of drug-likeness (QED) is 0.810. The van der Waals surface area contributed by atoms with E-state index in [0.717, 1.165) is 12.1 Å². The molecule has 0 spiro atoms. The van der Waals surface area contributed by atoms with Crippen LogP contribution < -0.4 is 5.32 Å². The average molecular weight is 339 g/mol. The summed E-state index contributed by atoms with van der Waals surface area (Å²) in [7, 11) is 0. The lowest BCUT2D eigenvalue weighted by Gasteiger charge is -2.34. The molecular weight excluding hydrogens is 320 g/mol. The second-order valence-electron chi connectivity index (χ2n) is 5.84. The molecule has 1 aliphatic heterocycles. The van der Waals surface area contributed by atoms with Gasteiger partial charge in [0.05, 0.1) is 0 Å². The molecule has 1 saturated heterocycles. The van der Waals surface area contributed by atoms with Crippen molar-refractivity contribution in [2.24, 2.45) is 0 Å². The first kappa shape index (κ1) is 17.8. The van der Waals surface area contributed by atoms with Crippen LogP contribution in [0.25, 0.3) is 0 Å². The molecule has 3 amide bonds. The number of rotatable bonds is 2. The Bertz CT molecular complexity index is 656. The maximum absolute atomic E-state index is 13.2. The fourth-order valence-electron chi connectivity index (χ4n) is 2.39. The van der Waals surface area contributed by atoms with Crippen LogP contribution in [0.15, 0.2) is 18.2 Å². The maximum Gasteiger partial charge on any atom is 0.312 e. The second kappa shape index (κ2) is 7.37. The molecule has 1 fully saturated rings. The van der Waals surface area contributed by atoms with Crippen LogP contribution in [0.5, 0.6) is 0 Å².